The van der Waals surface area contributed by atoms with Crippen LogP contribution in [0.4, 0.5) is 0 Å². The number of halogens is 1. The van der Waals surface area contributed by atoms with E-state index < -0.39 is 0 Å². The predicted octanol–water partition coefficient (Wildman–Crippen LogP) is 3.23. The molecule has 1 heterocycles. The van der Waals surface area contributed by atoms with Gasteiger partial charge in [0.15, 0.2) is 5.89 Å². The molecule has 0 aliphatic heterocycles. The van der Waals surface area contributed by atoms with Crippen LogP contribution >= 0.6 is 15.9 Å². The molecule has 0 saturated heterocycles. The summed E-state index contributed by atoms with van der Waals surface area (Å²) in [6, 6.07) is 6.06. The van der Waals surface area contributed by atoms with Crippen molar-refractivity contribution < 1.29 is 9.15 Å². The Kier molecular flexibility index (Phi) is 3.62. The van der Waals surface area contributed by atoms with Crippen LogP contribution in [0.5, 0.6) is 5.75 Å². The number of aromatic nitrogens is 1. The van der Waals surface area contributed by atoms with E-state index in [1.807, 2.05) is 12.1 Å². The topological polar surface area (TPSA) is 35.3 Å². The molecule has 1 aromatic carbocycles. The van der Waals surface area contributed by atoms with E-state index in [0.29, 0.717) is 0 Å². The molecule has 3 nitrogen and oxygen atoms in total. The highest BCUT2D eigenvalue weighted by atomic mass is 79.9. The highest BCUT2D eigenvalue weighted by Gasteiger charge is 2.03. The van der Waals surface area contributed by atoms with Gasteiger partial charge in [0.25, 0.3) is 0 Å². The van der Waals surface area contributed by atoms with Crippen LogP contribution in [0.3, 0.4) is 0 Å². The monoisotopic (exact) mass is 281 g/mol. The summed E-state index contributed by atoms with van der Waals surface area (Å²) in [4.78, 5) is 4.08. The lowest BCUT2D eigenvalue weighted by Crippen LogP contribution is -1.92. The van der Waals surface area contributed by atoms with Crippen LogP contribution in [0, 0.1) is 0 Å². The second-order valence-corrected chi connectivity index (χ2v) is 4.25. The highest BCUT2D eigenvalue weighted by Crippen LogP contribution is 2.25. The second kappa shape index (κ2) is 5.16. The highest BCUT2D eigenvalue weighted by molar-refractivity contribution is 9.10. The molecule has 2 aromatic rings. The number of ether oxygens (including phenoxy) is 1. The van der Waals surface area contributed by atoms with Crippen LogP contribution in [0.2, 0.25) is 0 Å². The molecule has 0 amide bonds. The standard InChI is InChI=1S/C12H12BrNO2/c1-15-11-4-2-9(8-10(11)13)3-5-12-14-6-7-16-12/h2,4,6-8H,3,5H2,1H3. The Balaban J connectivity index is 2.02. The molecule has 0 aliphatic rings. The quantitative estimate of drug-likeness (QED) is 0.863. The molecule has 2 rings (SSSR count). The fraction of sp³-hybridized carbons (Fsp3) is 0.250. The van der Waals surface area contributed by atoms with E-state index in [1.165, 1.54) is 5.56 Å². The average Bonchev–Trinajstić information content (AvgIpc) is 2.79. The zero-order chi connectivity index (χ0) is 11.4. The van der Waals surface area contributed by atoms with Crippen molar-refractivity contribution in [3.63, 3.8) is 0 Å². The van der Waals surface area contributed by atoms with Crippen molar-refractivity contribution in [1.29, 1.82) is 0 Å². The van der Waals surface area contributed by atoms with E-state index in [-0.39, 0.29) is 0 Å². The molecule has 0 fully saturated rings. The van der Waals surface area contributed by atoms with Gasteiger partial charge in [-0.2, -0.15) is 0 Å². The lowest BCUT2D eigenvalue weighted by Gasteiger charge is -2.05. The predicted molar refractivity (Wildman–Crippen MR) is 64.6 cm³/mol. The summed E-state index contributed by atoms with van der Waals surface area (Å²) >= 11 is 3.46. The zero-order valence-corrected chi connectivity index (χ0v) is 10.5. The maximum Gasteiger partial charge on any atom is 0.194 e. The van der Waals surface area contributed by atoms with Gasteiger partial charge in [0.2, 0.25) is 0 Å². The number of hydrogen-bond acceptors (Lipinski definition) is 3. The molecule has 0 aliphatic carbocycles. The molecule has 16 heavy (non-hydrogen) atoms. The first-order chi connectivity index (χ1) is 7.79. The molecule has 0 radical (unpaired) electrons. The van der Waals surface area contributed by atoms with E-state index in [2.05, 4.69) is 27.0 Å². The molecule has 0 spiro atoms. The molecule has 1 aromatic heterocycles. The number of benzene rings is 1. The first-order valence-corrected chi connectivity index (χ1v) is 5.79. The Morgan fingerprint density at radius 2 is 2.25 bits per heavy atom. The molecule has 0 N–H and O–H groups in total. The van der Waals surface area contributed by atoms with Gasteiger partial charge in [-0.25, -0.2) is 4.98 Å². The Morgan fingerprint density at radius 1 is 1.38 bits per heavy atom. The molecule has 84 valence electrons. The fourth-order valence-corrected chi connectivity index (χ4v) is 2.08. The van der Waals surface area contributed by atoms with Crippen molar-refractivity contribution in [2.75, 3.05) is 7.11 Å². The summed E-state index contributed by atoms with van der Waals surface area (Å²) in [5.74, 6) is 1.62. The Bertz CT molecular complexity index is 454. The smallest absolute Gasteiger partial charge is 0.194 e. The third-order valence-corrected chi connectivity index (χ3v) is 2.95. The largest absolute Gasteiger partial charge is 0.496 e. The third-order valence-electron chi connectivity index (χ3n) is 2.33. The van der Waals surface area contributed by atoms with E-state index in [1.54, 1.807) is 19.6 Å². The van der Waals surface area contributed by atoms with E-state index in [0.717, 1.165) is 29.0 Å². The zero-order valence-electron chi connectivity index (χ0n) is 8.94. The molecule has 0 unspecified atom stereocenters. The van der Waals surface area contributed by atoms with Gasteiger partial charge in [0.1, 0.15) is 12.0 Å². The molecular weight excluding hydrogens is 270 g/mol. The molecule has 0 saturated carbocycles. The number of aryl methyl sites for hydroxylation is 2. The van der Waals surface area contributed by atoms with Crippen LogP contribution in [0.1, 0.15) is 11.5 Å². The molecule has 4 heteroatoms. The van der Waals surface area contributed by atoms with Crippen molar-refractivity contribution in [2.24, 2.45) is 0 Å². The number of methoxy groups -OCH3 is 1. The number of rotatable bonds is 4. The average molecular weight is 282 g/mol. The van der Waals surface area contributed by atoms with Gasteiger partial charge in [-0.05, 0) is 40.0 Å². The van der Waals surface area contributed by atoms with Crippen LogP contribution in [0.25, 0.3) is 0 Å². The Morgan fingerprint density at radius 3 is 2.88 bits per heavy atom. The maximum absolute atomic E-state index is 5.18. The number of oxazole rings is 1. The van der Waals surface area contributed by atoms with E-state index in [9.17, 15) is 0 Å². The van der Waals surface area contributed by atoms with Crippen LogP contribution in [-0.4, -0.2) is 12.1 Å². The number of nitrogens with zero attached hydrogens (tertiary/aromatic N) is 1. The van der Waals surface area contributed by atoms with Gasteiger partial charge in [-0.1, -0.05) is 6.07 Å². The van der Waals surface area contributed by atoms with E-state index >= 15 is 0 Å². The van der Waals surface area contributed by atoms with E-state index in [4.69, 9.17) is 9.15 Å². The van der Waals surface area contributed by atoms with Crippen LogP contribution < -0.4 is 4.74 Å². The minimum absolute atomic E-state index is 0.770. The van der Waals surface area contributed by atoms with Gasteiger partial charge in [-0.15, -0.1) is 0 Å². The van der Waals surface area contributed by atoms with Crippen molar-refractivity contribution in [3.8, 4) is 5.75 Å². The summed E-state index contributed by atoms with van der Waals surface area (Å²) in [5.41, 5.74) is 1.23. The van der Waals surface area contributed by atoms with Crippen molar-refractivity contribution in [3.05, 3.63) is 46.6 Å². The van der Waals surface area contributed by atoms with Gasteiger partial charge in [0, 0.05) is 6.42 Å². The van der Waals surface area contributed by atoms with Crippen molar-refractivity contribution in [2.45, 2.75) is 12.8 Å². The summed E-state index contributed by atoms with van der Waals surface area (Å²) in [7, 11) is 1.66. The summed E-state index contributed by atoms with van der Waals surface area (Å²) in [5, 5.41) is 0. The van der Waals surface area contributed by atoms with Crippen LogP contribution in [0.15, 0.2) is 39.5 Å². The maximum atomic E-state index is 5.18. The van der Waals surface area contributed by atoms with Gasteiger partial charge in [0.05, 0.1) is 17.8 Å². The summed E-state index contributed by atoms with van der Waals surface area (Å²) < 4.78 is 11.3. The Hall–Kier alpha value is -1.29. The normalized spacial score (nSPS) is 10.4. The van der Waals surface area contributed by atoms with Crippen molar-refractivity contribution >= 4 is 15.9 Å². The van der Waals surface area contributed by atoms with Gasteiger partial charge in [-0.3, -0.25) is 0 Å². The summed E-state index contributed by atoms with van der Waals surface area (Å²) in [6.45, 7) is 0. The van der Waals surface area contributed by atoms with Crippen molar-refractivity contribution in [1.82, 2.24) is 4.98 Å². The lowest BCUT2D eigenvalue weighted by molar-refractivity contribution is 0.412. The minimum Gasteiger partial charge on any atom is -0.496 e. The Labute approximate surface area is 103 Å². The SMILES string of the molecule is COc1ccc(CCc2ncco2)cc1Br. The summed E-state index contributed by atoms with van der Waals surface area (Å²) in [6.07, 6.45) is 4.98. The molecular formula is C12H12BrNO2. The van der Waals surface area contributed by atoms with Gasteiger partial charge >= 0.3 is 0 Å². The van der Waals surface area contributed by atoms with Gasteiger partial charge < -0.3 is 9.15 Å². The fourth-order valence-electron chi connectivity index (χ4n) is 1.49. The first kappa shape index (κ1) is 11.2. The van der Waals surface area contributed by atoms with Crippen LogP contribution in [-0.2, 0) is 12.8 Å². The number of hydrogen-bond donors (Lipinski definition) is 0. The minimum atomic E-state index is 0.770. The second-order valence-electron chi connectivity index (χ2n) is 3.39. The third kappa shape index (κ3) is 2.64. The first-order valence-electron chi connectivity index (χ1n) is 5.00. The molecule has 0 atom stereocenters. The lowest BCUT2D eigenvalue weighted by atomic mass is 10.1. The molecule has 0 bridgehead atoms.